The summed E-state index contributed by atoms with van der Waals surface area (Å²) in [5, 5.41) is 2.88. The molecular weight excluding hydrogens is 303 g/mol. The minimum absolute atomic E-state index is 0.0213. The van der Waals surface area contributed by atoms with Gasteiger partial charge in [0.05, 0.1) is 5.92 Å². The molecule has 24 heavy (non-hydrogen) atoms. The van der Waals surface area contributed by atoms with Crippen LogP contribution in [0.1, 0.15) is 30.7 Å². The zero-order valence-electron chi connectivity index (χ0n) is 13.5. The van der Waals surface area contributed by atoms with Crippen molar-refractivity contribution in [2.75, 3.05) is 23.3 Å². The first-order valence-corrected chi connectivity index (χ1v) is 8.61. The van der Waals surface area contributed by atoms with Crippen molar-refractivity contribution in [3.05, 3.63) is 59.9 Å². The Morgan fingerprint density at radius 2 is 1.88 bits per heavy atom. The average molecular weight is 324 g/mol. The third-order valence-electron chi connectivity index (χ3n) is 4.97. The zero-order valence-corrected chi connectivity index (χ0v) is 13.5. The van der Waals surface area contributed by atoms with Gasteiger partial charge < -0.3 is 10.2 Å². The molecule has 124 valence electrons. The van der Waals surface area contributed by atoms with Crippen molar-refractivity contribution in [1.82, 2.24) is 0 Å². The fourth-order valence-corrected chi connectivity index (χ4v) is 3.42. The van der Waals surface area contributed by atoms with Gasteiger partial charge in [-0.2, -0.15) is 0 Å². The number of nitrogens with one attached hydrogen (secondary N) is 1. The molecule has 1 atom stereocenters. The summed E-state index contributed by atoms with van der Waals surface area (Å²) < 4.78 is 14.1. The molecule has 2 aliphatic rings. The average Bonchev–Trinajstić information content (AvgIpc) is 3.31. The third-order valence-corrected chi connectivity index (χ3v) is 4.97. The van der Waals surface area contributed by atoms with Crippen molar-refractivity contribution in [1.29, 1.82) is 0 Å². The molecule has 0 spiro atoms. The summed E-state index contributed by atoms with van der Waals surface area (Å²) in [6.07, 6.45) is 2.96. The molecule has 1 heterocycles. The second kappa shape index (κ2) is 6.27. The van der Waals surface area contributed by atoms with E-state index in [1.54, 1.807) is 0 Å². The summed E-state index contributed by atoms with van der Waals surface area (Å²) >= 11 is 0. The zero-order chi connectivity index (χ0) is 16.5. The number of anilines is 2. The van der Waals surface area contributed by atoms with Crippen molar-refractivity contribution in [3.8, 4) is 0 Å². The van der Waals surface area contributed by atoms with Crippen LogP contribution in [0.2, 0.25) is 0 Å². The highest BCUT2D eigenvalue weighted by Crippen LogP contribution is 2.41. The van der Waals surface area contributed by atoms with Crippen LogP contribution in [0.4, 0.5) is 15.8 Å². The molecule has 2 aromatic carbocycles. The lowest BCUT2D eigenvalue weighted by atomic mass is 10.1. The number of carbonyl (C=O) groups is 1. The maximum Gasteiger partial charge on any atom is 0.229 e. The standard InChI is InChI=1S/C20H21FN2O/c21-19-12-16(8-9-18(19)14-6-7-14)22-20(24)15-10-11-23(13-15)17-4-2-1-3-5-17/h1-5,8-9,12,14-15H,6-7,10-11,13H2,(H,22,24). The summed E-state index contributed by atoms with van der Waals surface area (Å²) in [5.41, 5.74) is 2.48. The Balaban J connectivity index is 1.39. The number of hydrogen-bond donors (Lipinski definition) is 1. The van der Waals surface area contributed by atoms with Gasteiger partial charge in [0.1, 0.15) is 5.82 Å². The maximum atomic E-state index is 14.1. The lowest BCUT2D eigenvalue weighted by Crippen LogP contribution is -2.27. The van der Waals surface area contributed by atoms with Gasteiger partial charge in [0, 0.05) is 24.5 Å². The van der Waals surface area contributed by atoms with E-state index in [9.17, 15) is 9.18 Å². The van der Waals surface area contributed by atoms with Crippen LogP contribution in [0.25, 0.3) is 0 Å². The molecule has 4 rings (SSSR count). The molecule has 1 saturated carbocycles. The number of benzene rings is 2. The third kappa shape index (κ3) is 3.14. The van der Waals surface area contributed by atoms with Gasteiger partial charge in [-0.25, -0.2) is 4.39 Å². The molecule has 0 bridgehead atoms. The highest BCUT2D eigenvalue weighted by atomic mass is 19.1. The largest absolute Gasteiger partial charge is 0.371 e. The van der Waals surface area contributed by atoms with E-state index < -0.39 is 0 Å². The van der Waals surface area contributed by atoms with Crippen LogP contribution in [0.15, 0.2) is 48.5 Å². The second-order valence-corrected chi connectivity index (χ2v) is 6.77. The van der Waals surface area contributed by atoms with Gasteiger partial charge in [0.25, 0.3) is 0 Å². The number of para-hydroxylation sites is 1. The number of nitrogens with zero attached hydrogens (tertiary/aromatic N) is 1. The summed E-state index contributed by atoms with van der Waals surface area (Å²) in [6, 6.07) is 15.2. The van der Waals surface area contributed by atoms with Gasteiger partial charge in [-0.05, 0) is 55.0 Å². The SMILES string of the molecule is O=C(Nc1ccc(C2CC2)c(F)c1)C1CCN(c2ccccc2)C1. The van der Waals surface area contributed by atoms with Gasteiger partial charge in [-0.3, -0.25) is 4.79 Å². The van der Waals surface area contributed by atoms with E-state index >= 15 is 0 Å². The van der Waals surface area contributed by atoms with Crippen molar-refractivity contribution in [3.63, 3.8) is 0 Å². The van der Waals surface area contributed by atoms with Gasteiger partial charge in [-0.15, -0.1) is 0 Å². The van der Waals surface area contributed by atoms with Gasteiger partial charge in [-0.1, -0.05) is 24.3 Å². The van der Waals surface area contributed by atoms with Crippen LogP contribution >= 0.6 is 0 Å². The molecular formula is C20H21FN2O. The Kier molecular flexibility index (Phi) is 3.97. The lowest BCUT2D eigenvalue weighted by molar-refractivity contribution is -0.119. The first kappa shape index (κ1) is 15.2. The van der Waals surface area contributed by atoms with E-state index in [0.717, 1.165) is 37.1 Å². The summed E-state index contributed by atoms with van der Waals surface area (Å²) in [5.74, 6) is 0.0972. The quantitative estimate of drug-likeness (QED) is 0.915. The highest BCUT2D eigenvalue weighted by Gasteiger charge is 2.29. The molecule has 1 amide bonds. The number of amides is 1. The topological polar surface area (TPSA) is 32.3 Å². The Morgan fingerprint density at radius 1 is 1.08 bits per heavy atom. The van der Waals surface area contributed by atoms with E-state index in [1.807, 2.05) is 30.3 Å². The van der Waals surface area contributed by atoms with Gasteiger partial charge in [0.15, 0.2) is 0 Å². The van der Waals surface area contributed by atoms with E-state index in [4.69, 9.17) is 0 Å². The van der Waals surface area contributed by atoms with Crippen molar-refractivity contribution in [2.24, 2.45) is 5.92 Å². The molecule has 3 nitrogen and oxygen atoms in total. The molecule has 1 aliphatic carbocycles. The molecule has 0 radical (unpaired) electrons. The van der Waals surface area contributed by atoms with Crippen LogP contribution < -0.4 is 10.2 Å². The Bertz CT molecular complexity index is 743. The smallest absolute Gasteiger partial charge is 0.229 e. The molecule has 1 saturated heterocycles. The molecule has 2 aromatic rings. The Labute approximate surface area is 141 Å². The number of rotatable bonds is 4. The van der Waals surface area contributed by atoms with Gasteiger partial charge in [0.2, 0.25) is 5.91 Å². The van der Waals surface area contributed by atoms with E-state index in [1.165, 1.54) is 6.07 Å². The minimum Gasteiger partial charge on any atom is -0.371 e. The molecule has 1 N–H and O–H groups in total. The summed E-state index contributed by atoms with van der Waals surface area (Å²) in [4.78, 5) is 14.7. The van der Waals surface area contributed by atoms with E-state index in [0.29, 0.717) is 18.2 Å². The van der Waals surface area contributed by atoms with Crippen LogP contribution in [0.3, 0.4) is 0 Å². The van der Waals surface area contributed by atoms with Crippen LogP contribution in [-0.4, -0.2) is 19.0 Å². The maximum absolute atomic E-state index is 14.1. The Hall–Kier alpha value is -2.36. The van der Waals surface area contributed by atoms with E-state index in [-0.39, 0.29) is 17.6 Å². The minimum atomic E-state index is -0.201. The Morgan fingerprint density at radius 3 is 2.58 bits per heavy atom. The lowest BCUT2D eigenvalue weighted by Gasteiger charge is -2.18. The highest BCUT2D eigenvalue weighted by molar-refractivity contribution is 5.93. The van der Waals surface area contributed by atoms with Crippen LogP contribution in [0.5, 0.6) is 0 Å². The number of halogens is 1. The fourth-order valence-electron chi connectivity index (χ4n) is 3.42. The van der Waals surface area contributed by atoms with Crippen molar-refractivity contribution in [2.45, 2.75) is 25.2 Å². The monoisotopic (exact) mass is 324 g/mol. The molecule has 1 unspecified atom stereocenters. The molecule has 1 aliphatic heterocycles. The van der Waals surface area contributed by atoms with Gasteiger partial charge >= 0.3 is 0 Å². The van der Waals surface area contributed by atoms with Crippen LogP contribution in [0, 0.1) is 11.7 Å². The number of carbonyl (C=O) groups excluding carboxylic acids is 1. The van der Waals surface area contributed by atoms with E-state index in [2.05, 4.69) is 22.3 Å². The first-order valence-electron chi connectivity index (χ1n) is 8.61. The fraction of sp³-hybridized carbons (Fsp3) is 0.350. The normalized spacial score (nSPS) is 20.2. The molecule has 0 aromatic heterocycles. The first-order chi connectivity index (χ1) is 11.7. The molecule has 4 heteroatoms. The molecule has 2 fully saturated rings. The summed E-state index contributed by atoms with van der Waals surface area (Å²) in [6.45, 7) is 1.58. The predicted octanol–water partition coefficient (Wildman–Crippen LogP) is 4.17. The number of hydrogen-bond acceptors (Lipinski definition) is 2. The second-order valence-electron chi connectivity index (χ2n) is 6.77. The van der Waals surface area contributed by atoms with Crippen molar-refractivity contribution < 1.29 is 9.18 Å². The predicted molar refractivity (Wildman–Crippen MR) is 93.8 cm³/mol. The van der Waals surface area contributed by atoms with Crippen LogP contribution in [-0.2, 0) is 4.79 Å². The van der Waals surface area contributed by atoms with Crippen molar-refractivity contribution >= 4 is 17.3 Å². The summed E-state index contributed by atoms with van der Waals surface area (Å²) in [7, 11) is 0.